The van der Waals surface area contributed by atoms with Gasteiger partial charge in [-0.15, -0.1) is 0 Å². The van der Waals surface area contributed by atoms with Crippen LogP contribution in [0.2, 0.25) is 0 Å². The van der Waals surface area contributed by atoms with Crippen molar-refractivity contribution in [2.24, 2.45) is 0 Å². The van der Waals surface area contributed by atoms with Crippen molar-refractivity contribution in [1.82, 2.24) is 10.2 Å². The molecule has 6 heteroatoms. The summed E-state index contributed by atoms with van der Waals surface area (Å²) in [4.78, 5) is 0. The molecule has 1 heterocycles. The van der Waals surface area contributed by atoms with Crippen molar-refractivity contribution in [3.8, 4) is 11.3 Å². The molecule has 0 amide bonds. The van der Waals surface area contributed by atoms with Crippen molar-refractivity contribution in [3.05, 3.63) is 36.4 Å². The van der Waals surface area contributed by atoms with Gasteiger partial charge in [0.15, 0.2) is 5.82 Å². The van der Waals surface area contributed by atoms with E-state index in [0.717, 1.165) is 11.3 Å². The van der Waals surface area contributed by atoms with E-state index in [-0.39, 0.29) is 5.75 Å². The second kappa shape index (κ2) is 4.58. The Balaban J connectivity index is 2.23. The molecule has 2 aromatic rings. The molecule has 0 bridgehead atoms. The molecule has 90 valence electrons. The van der Waals surface area contributed by atoms with Crippen LogP contribution in [0.3, 0.4) is 0 Å². The maximum absolute atomic E-state index is 11.3. The average Bonchev–Trinajstić information content (AvgIpc) is 2.78. The first-order chi connectivity index (χ1) is 8.11. The summed E-state index contributed by atoms with van der Waals surface area (Å²) in [6.07, 6.45) is 0. The lowest BCUT2D eigenvalue weighted by atomic mass is 10.2. The van der Waals surface area contributed by atoms with Gasteiger partial charge in [0.1, 0.15) is 0 Å². The third-order valence-corrected chi connectivity index (χ3v) is 3.58. The highest BCUT2D eigenvalue weighted by Gasteiger charge is 2.10. The predicted molar refractivity (Wildman–Crippen MR) is 67.1 cm³/mol. The van der Waals surface area contributed by atoms with Crippen LogP contribution in [0.5, 0.6) is 0 Å². The fraction of sp³-hybridized carbons (Fsp3) is 0.182. The molecule has 0 fully saturated rings. The molecule has 0 unspecified atom stereocenters. The molecule has 0 radical (unpaired) electrons. The lowest BCUT2D eigenvalue weighted by Crippen LogP contribution is -2.14. The van der Waals surface area contributed by atoms with Crippen LogP contribution in [0, 0.1) is 0 Å². The van der Waals surface area contributed by atoms with E-state index in [2.05, 4.69) is 14.9 Å². The Bertz CT molecular complexity index is 590. The largest absolute Gasteiger partial charge is 0.276 e. The first-order valence-electron chi connectivity index (χ1n) is 5.22. The Morgan fingerprint density at radius 1 is 1.29 bits per heavy atom. The van der Waals surface area contributed by atoms with Crippen LogP contribution in [-0.2, 0) is 10.0 Å². The van der Waals surface area contributed by atoms with Gasteiger partial charge in [-0.2, -0.15) is 5.10 Å². The van der Waals surface area contributed by atoms with E-state index in [9.17, 15) is 8.42 Å². The number of benzene rings is 1. The molecular formula is C11H13N3O2S. The number of aromatic nitrogens is 2. The molecule has 0 atom stereocenters. The number of aromatic amines is 1. The Morgan fingerprint density at radius 3 is 2.65 bits per heavy atom. The van der Waals surface area contributed by atoms with Crippen molar-refractivity contribution in [1.29, 1.82) is 0 Å². The van der Waals surface area contributed by atoms with Crippen LogP contribution < -0.4 is 4.72 Å². The third kappa shape index (κ3) is 2.85. The lowest BCUT2D eigenvalue weighted by molar-refractivity contribution is 0.602. The summed E-state index contributed by atoms with van der Waals surface area (Å²) >= 11 is 0. The number of nitrogens with zero attached hydrogens (tertiary/aromatic N) is 1. The fourth-order valence-corrected chi connectivity index (χ4v) is 1.94. The second-order valence-corrected chi connectivity index (χ2v) is 5.55. The summed E-state index contributed by atoms with van der Waals surface area (Å²) < 4.78 is 25.1. The molecule has 0 aliphatic rings. The molecule has 1 aromatic carbocycles. The van der Waals surface area contributed by atoms with Gasteiger partial charge in [0.25, 0.3) is 0 Å². The molecular weight excluding hydrogens is 238 g/mol. The second-order valence-electron chi connectivity index (χ2n) is 3.54. The van der Waals surface area contributed by atoms with E-state index in [0.29, 0.717) is 5.82 Å². The molecule has 5 nitrogen and oxygen atoms in total. The number of rotatable bonds is 4. The molecule has 0 saturated heterocycles. The number of sulfonamides is 1. The van der Waals surface area contributed by atoms with Crippen molar-refractivity contribution in [3.63, 3.8) is 0 Å². The maximum Gasteiger partial charge on any atom is 0.233 e. The van der Waals surface area contributed by atoms with Gasteiger partial charge in [0.2, 0.25) is 10.0 Å². The van der Waals surface area contributed by atoms with Gasteiger partial charge in [-0.1, -0.05) is 30.3 Å². The van der Waals surface area contributed by atoms with E-state index in [1.807, 2.05) is 30.3 Å². The van der Waals surface area contributed by atoms with Crippen LogP contribution in [0.15, 0.2) is 36.4 Å². The first kappa shape index (κ1) is 11.7. The molecule has 2 N–H and O–H groups in total. The molecule has 0 saturated carbocycles. The Kier molecular flexibility index (Phi) is 3.14. The SMILES string of the molecule is CCS(=O)(=O)Nc1cc(-c2ccccc2)[nH]n1. The lowest BCUT2D eigenvalue weighted by Gasteiger charge is -2.00. The third-order valence-electron chi connectivity index (χ3n) is 2.30. The minimum atomic E-state index is -3.27. The van der Waals surface area contributed by atoms with Crippen molar-refractivity contribution in [2.45, 2.75) is 6.92 Å². The van der Waals surface area contributed by atoms with Gasteiger partial charge in [0.05, 0.1) is 11.4 Å². The Morgan fingerprint density at radius 2 is 2.00 bits per heavy atom. The summed E-state index contributed by atoms with van der Waals surface area (Å²) in [5.74, 6) is 0.339. The van der Waals surface area contributed by atoms with Crippen LogP contribution in [-0.4, -0.2) is 24.4 Å². The molecule has 2 rings (SSSR count). The summed E-state index contributed by atoms with van der Waals surface area (Å²) in [5.41, 5.74) is 1.74. The molecule has 0 spiro atoms. The highest BCUT2D eigenvalue weighted by Crippen LogP contribution is 2.19. The van der Waals surface area contributed by atoms with Crippen molar-refractivity contribution in [2.75, 3.05) is 10.5 Å². The topological polar surface area (TPSA) is 74.8 Å². The monoisotopic (exact) mass is 251 g/mol. The van der Waals surface area contributed by atoms with E-state index in [4.69, 9.17) is 0 Å². The number of hydrogen-bond donors (Lipinski definition) is 2. The van der Waals surface area contributed by atoms with Gasteiger partial charge >= 0.3 is 0 Å². The summed E-state index contributed by atoms with van der Waals surface area (Å²) in [6.45, 7) is 1.58. The minimum Gasteiger partial charge on any atom is -0.276 e. The highest BCUT2D eigenvalue weighted by molar-refractivity contribution is 7.92. The number of anilines is 1. The van der Waals surface area contributed by atoms with E-state index >= 15 is 0 Å². The minimum absolute atomic E-state index is 0.0283. The smallest absolute Gasteiger partial charge is 0.233 e. The van der Waals surface area contributed by atoms with E-state index < -0.39 is 10.0 Å². The van der Waals surface area contributed by atoms with Gasteiger partial charge < -0.3 is 0 Å². The number of hydrogen-bond acceptors (Lipinski definition) is 3. The Hall–Kier alpha value is -1.82. The quantitative estimate of drug-likeness (QED) is 0.870. The van der Waals surface area contributed by atoms with E-state index in [1.54, 1.807) is 13.0 Å². The number of nitrogens with one attached hydrogen (secondary N) is 2. The van der Waals surface area contributed by atoms with E-state index in [1.165, 1.54) is 0 Å². The Labute approximate surface area is 99.9 Å². The van der Waals surface area contributed by atoms with Crippen LogP contribution in [0.25, 0.3) is 11.3 Å². The maximum atomic E-state index is 11.3. The molecule has 0 aliphatic carbocycles. The van der Waals surface area contributed by atoms with Crippen molar-refractivity contribution >= 4 is 15.8 Å². The molecule has 17 heavy (non-hydrogen) atoms. The summed E-state index contributed by atoms with van der Waals surface area (Å²) in [5, 5.41) is 6.70. The van der Waals surface area contributed by atoms with Gasteiger partial charge in [0, 0.05) is 6.07 Å². The highest BCUT2D eigenvalue weighted by atomic mass is 32.2. The van der Waals surface area contributed by atoms with Gasteiger partial charge in [-0.05, 0) is 12.5 Å². The molecule has 0 aliphatic heterocycles. The first-order valence-corrected chi connectivity index (χ1v) is 6.87. The zero-order chi connectivity index (χ0) is 12.3. The average molecular weight is 251 g/mol. The summed E-state index contributed by atoms with van der Waals surface area (Å²) in [7, 11) is -3.27. The van der Waals surface area contributed by atoms with Gasteiger partial charge in [-0.25, -0.2) is 8.42 Å². The van der Waals surface area contributed by atoms with Gasteiger partial charge in [-0.3, -0.25) is 9.82 Å². The summed E-state index contributed by atoms with van der Waals surface area (Å²) in [6, 6.07) is 11.2. The normalized spacial score (nSPS) is 11.4. The van der Waals surface area contributed by atoms with Crippen LogP contribution >= 0.6 is 0 Å². The fourth-order valence-electron chi connectivity index (χ4n) is 1.37. The number of H-pyrrole nitrogens is 1. The zero-order valence-corrected chi connectivity index (χ0v) is 10.2. The van der Waals surface area contributed by atoms with Crippen molar-refractivity contribution < 1.29 is 8.42 Å². The standard InChI is InChI=1S/C11H13N3O2S/c1-2-17(15,16)14-11-8-10(12-13-11)9-6-4-3-5-7-9/h3-8H,2H2,1H3,(H2,12,13,14). The predicted octanol–water partition coefficient (Wildman–Crippen LogP) is 1.84. The molecule has 1 aromatic heterocycles. The zero-order valence-electron chi connectivity index (χ0n) is 9.34. The van der Waals surface area contributed by atoms with Crippen LogP contribution in [0.4, 0.5) is 5.82 Å². The van der Waals surface area contributed by atoms with Crippen LogP contribution in [0.1, 0.15) is 6.92 Å².